The highest BCUT2D eigenvalue weighted by Gasteiger charge is 1.76. The van der Waals surface area contributed by atoms with Gasteiger partial charge in [-0.2, -0.15) is 0 Å². The van der Waals surface area contributed by atoms with Crippen molar-refractivity contribution in [2.75, 3.05) is 7.11 Å². The van der Waals surface area contributed by atoms with E-state index in [2.05, 4.69) is 23.6 Å². The summed E-state index contributed by atoms with van der Waals surface area (Å²) in [6.45, 7) is 6.78. The average molecular weight is 96.1 g/mol. The Balaban J connectivity index is 3.86. The SMILES string of the molecule is C=C=C(C=C)OC. The lowest BCUT2D eigenvalue weighted by Gasteiger charge is -1.90. The van der Waals surface area contributed by atoms with E-state index < -0.39 is 0 Å². The second-order valence-electron chi connectivity index (χ2n) is 0.949. The Kier molecular flexibility index (Phi) is 2.82. The van der Waals surface area contributed by atoms with Crippen LogP contribution >= 0.6 is 0 Å². The van der Waals surface area contributed by atoms with Crippen LogP contribution in [0, 0.1) is 0 Å². The van der Waals surface area contributed by atoms with Gasteiger partial charge in [-0.1, -0.05) is 18.9 Å². The van der Waals surface area contributed by atoms with Gasteiger partial charge in [0.05, 0.1) is 7.11 Å². The van der Waals surface area contributed by atoms with Crippen LogP contribution < -0.4 is 0 Å². The molecule has 0 radical (unpaired) electrons. The van der Waals surface area contributed by atoms with E-state index in [4.69, 9.17) is 0 Å². The molecule has 0 saturated carbocycles. The summed E-state index contributed by atoms with van der Waals surface area (Å²) in [5.74, 6) is 0.583. The highest BCUT2D eigenvalue weighted by atomic mass is 16.5. The first-order valence-corrected chi connectivity index (χ1v) is 1.91. The molecule has 0 atom stereocenters. The normalized spacial score (nSPS) is 6.43. The number of hydrogen-bond donors (Lipinski definition) is 0. The van der Waals surface area contributed by atoms with Crippen molar-refractivity contribution in [3.05, 3.63) is 30.7 Å². The largest absolute Gasteiger partial charge is 0.489 e. The lowest BCUT2D eigenvalue weighted by Crippen LogP contribution is -1.74. The van der Waals surface area contributed by atoms with E-state index >= 15 is 0 Å². The third-order valence-electron chi connectivity index (χ3n) is 0.580. The zero-order chi connectivity index (χ0) is 5.70. The maximum absolute atomic E-state index is 4.67. The topological polar surface area (TPSA) is 9.23 Å². The van der Waals surface area contributed by atoms with Gasteiger partial charge in [0.1, 0.15) is 0 Å². The Hall–Kier alpha value is -0.940. The molecule has 0 aliphatic heterocycles. The lowest BCUT2D eigenvalue weighted by molar-refractivity contribution is 0.308. The Bertz CT molecular complexity index is 107. The third-order valence-corrected chi connectivity index (χ3v) is 0.580. The molecule has 0 saturated heterocycles. The highest BCUT2D eigenvalue weighted by Crippen LogP contribution is 1.88. The van der Waals surface area contributed by atoms with Gasteiger partial charge in [-0.3, -0.25) is 0 Å². The molecule has 0 aromatic heterocycles. The molecule has 7 heavy (non-hydrogen) atoms. The van der Waals surface area contributed by atoms with Crippen LogP contribution in [0.15, 0.2) is 30.7 Å². The fraction of sp³-hybridized carbons (Fsp3) is 0.167. The molecule has 0 N–H and O–H groups in total. The van der Waals surface area contributed by atoms with Crippen LogP contribution in [-0.4, -0.2) is 7.11 Å². The summed E-state index contributed by atoms with van der Waals surface area (Å²) in [7, 11) is 1.55. The van der Waals surface area contributed by atoms with Gasteiger partial charge in [-0.25, -0.2) is 0 Å². The predicted molar refractivity (Wildman–Crippen MR) is 29.9 cm³/mol. The molecule has 38 valence electrons. The number of ether oxygens (including phenoxy) is 1. The van der Waals surface area contributed by atoms with Crippen LogP contribution in [0.2, 0.25) is 0 Å². The van der Waals surface area contributed by atoms with Crippen molar-refractivity contribution in [2.45, 2.75) is 0 Å². The molecule has 0 aromatic carbocycles. The summed E-state index contributed by atoms with van der Waals surface area (Å²) in [6, 6.07) is 0. The second-order valence-corrected chi connectivity index (χ2v) is 0.949. The van der Waals surface area contributed by atoms with Crippen LogP contribution in [-0.2, 0) is 4.74 Å². The molecule has 0 aliphatic carbocycles. The molecule has 0 rings (SSSR count). The molecule has 0 amide bonds. The van der Waals surface area contributed by atoms with E-state index in [0.717, 1.165) is 0 Å². The molecule has 0 spiro atoms. The molecule has 1 heteroatoms. The predicted octanol–water partition coefficient (Wildman–Crippen LogP) is 1.49. The number of hydrogen-bond acceptors (Lipinski definition) is 1. The Labute approximate surface area is 43.6 Å². The van der Waals surface area contributed by atoms with Crippen molar-refractivity contribution in [3.63, 3.8) is 0 Å². The first-order valence-electron chi connectivity index (χ1n) is 1.91. The van der Waals surface area contributed by atoms with Gasteiger partial charge >= 0.3 is 0 Å². The van der Waals surface area contributed by atoms with Crippen molar-refractivity contribution in [2.24, 2.45) is 0 Å². The van der Waals surface area contributed by atoms with E-state index in [1.165, 1.54) is 0 Å². The van der Waals surface area contributed by atoms with E-state index in [9.17, 15) is 0 Å². The van der Waals surface area contributed by atoms with Crippen molar-refractivity contribution >= 4 is 0 Å². The summed E-state index contributed by atoms with van der Waals surface area (Å²) in [5, 5.41) is 0. The minimum absolute atomic E-state index is 0.583. The molecule has 1 nitrogen and oxygen atoms in total. The molecule has 0 aromatic rings. The zero-order valence-electron chi connectivity index (χ0n) is 4.40. The Morgan fingerprint density at radius 3 is 2.43 bits per heavy atom. The summed E-state index contributed by atoms with van der Waals surface area (Å²) in [5.41, 5.74) is 2.53. The first kappa shape index (κ1) is 6.06. The number of rotatable bonds is 2. The van der Waals surface area contributed by atoms with Gasteiger partial charge in [0.2, 0.25) is 0 Å². The minimum atomic E-state index is 0.583. The van der Waals surface area contributed by atoms with E-state index in [1.807, 2.05) is 0 Å². The standard InChI is InChI=1S/C6H8O/c1-4-6(5-2)7-3/h4H,1-2H2,3H3. The van der Waals surface area contributed by atoms with Crippen LogP contribution in [0.25, 0.3) is 0 Å². The highest BCUT2D eigenvalue weighted by molar-refractivity contribution is 5.05. The first-order chi connectivity index (χ1) is 3.35. The van der Waals surface area contributed by atoms with Crippen LogP contribution in [0.3, 0.4) is 0 Å². The summed E-state index contributed by atoms with van der Waals surface area (Å²) in [6.07, 6.45) is 1.55. The molecule has 0 bridgehead atoms. The van der Waals surface area contributed by atoms with Crippen molar-refractivity contribution < 1.29 is 4.74 Å². The maximum Gasteiger partial charge on any atom is 0.160 e. The maximum atomic E-state index is 4.67. The van der Waals surface area contributed by atoms with Crippen molar-refractivity contribution in [3.8, 4) is 0 Å². The Morgan fingerprint density at radius 2 is 2.43 bits per heavy atom. The lowest BCUT2D eigenvalue weighted by atomic mass is 10.5. The molecule has 0 heterocycles. The summed E-state index contributed by atoms with van der Waals surface area (Å²) < 4.78 is 4.67. The van der Waals surface area contributed by atoms with Gasteiger partial charge in [0, 0.05) is 0 Å². The quantitative estimate of drug-likeness (QED) is 0.287. The molecule has 0 aliphatic rings. The van der Waals surface area contributed by atoms with E-state index in [-0.39, 0.29) is 0 Å². The molecule has 0 unspecified atom stereocenters. The Morgan fingerprint density at radius 1 is 1.86 bits per heavy atom. The van der Waals surface area contributed by atoms with Gasteiger partial charge < -0.3 is 4.74 Å². The second kappa shape index (κ2) is 3.26. The molecular weight excluding hydrogens is 88.1 g/mol. The van der Waals surface area contributed by atoms with Gasteiger partial charge in [-0.15, -0.1) is 0 Å². The van der Waals surface area contributed by atoms with Crippen molar-refractivity contribution in [1.82, 2.24) is 0 Å². The number of allylic oxidation sites excluding steroid dienone is 1. The van der Waals surface area contributed by atoms with E-state index in [0.29, 0.717) is 5.76 Å². The molecule has 0 fully saturated rings. The number of methoxy groups -OCH3 is 1. The van der Waals surface area contributed by atoms with Crippen LogP contribution in [0.1, 0.15) is 0 Å². The summed E-state index contributed by atoms with van der Waals surface area (Å²) in [4.78, 5) is 0. The fourth-order valence-electron chi connectivity index (χ4n) is 0.228. The summed E-state index contributed by atoms with van der Waals surface area (Å²) >= 11 is 0. The van der Waals surface area contributed by atoms with Gasteiger partial charge in [0.15, 0.2) is 5.76 Å². The molecular formula is C6H8O. The minimum Gasteiger partial charge on any atom is -0.489 e. The van der Waals surface area contributed by atoms with Gasteiger partial charge in [0.25, 0.3) is 0 Å². The smallest absolute Gasteiger partial charge is 0.160 e. The zero-order valence-corrected chi connectivity index (χ0v) is 4.40. The van der Waals surface area contributed by atoms with Crippen molar-refractivity contribution in [1.29, 1.82) is 0 Å². The average Bonchev–Trinajstić information content (AvgIpc) is 1.72. The monoisotopic (exact) mass is 96.1 g/mol. The van der Waals surface area contributed by atoms with Crippen LogP contribution in [0.5, 0.6) is 0 Å². The third kappa shape index (κ3) is 1.85. The fourth-order valence-corrected chi connectivity index (χ4v) is 0.228. The van der Waals surface area contributed by atoms with Crippen LogP contribution in [0.4, 0.5) is 0 Å². The van der Waals surface area contributed by atoms with Gasteiger partial charge in [-0.05, 0) is 6.08 Å². The van der Waals surface area contributed by atoms with E-state index in [1.54, 1.807) is 13.2 Å².